The van der Waals surface area contributed by atoms with Gasteiger partial charge in [-0.3, -0.25) is 5.32 Å². The lowest BCUT2D eigenvalue weighted by molar-refractivity contribution is 0.328. The van der Waals surface area contributed by atoms with Crippen molar-refractivity contribution in [3.63, 3.8) is 0 Å². The fraction of sp³-hybridized carbons (Fsp3) is 0.733. The molecule has 0 spiro atoms. The van der Waals surface area contributed by atoms with Crippen LogP contribution in [0, 0.1) is 0 Å². The van der Waals surface area contributed by atoms with Gasteiger partial charge in [0, 0.05) is 18.4 Å². The van der Waals surface area contributed by atoms with Crippen LogP contribution in [0.5, 0.6) is 0 Å². The Morgan fingerprint density at radius 1 is 1.27 bits per heavy atom. The Kier molecular flexibility index (Phi) is 3.99. The molecule has 1 atom stereocenters. The summed E-state index contributed by atoms with van der Waals surface area (Å²) in [5.74, 6) is 3.43. The summed E-state index contributed by atoms with van der Waals surface area (Å²) in [6, 6.07) is -0.0138. The highest BCUT2D eigenvalue weighted by molar-refractivity contribution is 5.03. The number of fused-ring (bicyclic) bond motifs is 1. The molecule has 7 heteroatoms. The molecule has 0 bridgehead atoms. The summed E-state index contributed by atoms with van der Waals surface area (Å²) in [5, 5.41) is 16.0. The molecule has 0 saturated heterocycles. The quantitative estimate of drug-likeness (QED) is 0.932. The van der Waals surface area contributed by atoms with Gasteiger partial charge in [-0.15, -0.1) is 10.2 Å². The van der Waals surface area contributed by atoms with E-state index in [4.69, 9.17) is 4.52 Å². The van der Waals surface area contributed by atoms with Crippen molar-refractivity contribution in [3.8, 4) is 0 Å². The first-order valence-electron chi connectivity index (χ1n) is 7.93. The van der Waals surface area contributed by atoms with Crippen molar-refractivity contribution in [2.24, 2.45) is 0 Å². The van der Waals surface area contributed by atoms with Gasteiger partial charge < -0.3 is 9.09 Å². The van der Waals surface area contributed by atoms with Gasteiger partial charge in [-0.1, -0.05) is 25.9 Å². The zero-order valence-corrected chi connectivity index (χ0v) is 13.8. The Balaban J connectivity index is 1.64. The van der Waals surface area contributed by atoms with Crippen molar-refractivity contribution in [2.45, 2.75) is 71.5 Å². The number of rotatable bonds is 4. The molecule has 0 radical (unpaired) electrons. The largest absolute Gasteiger partial charge is 0.338 e. The van der Waals surface area contributed by atoms with Crippen LogP contribution >= 0.6 is 0 Å². The molecule has 0 unspecified atom stereocenters. The maximum absolute atomic E-state index is 5.37. The average molecular weight is 304 g/mol. The van der Waals surface area contributed by atoms with Crippen LogP contribution in [0.2, 0.25) is 0 Å². The van der Waals surface area contributed by atoms with Crippen molar-refractivity contribution in [1.29, 1.82) is 0 Å². The van der Waals surface area contributed by atoms with Gasteiger partial charge >= 0.3 is 0 Å². The summed E-state index contributed by atoms with van der Waals surface area (Å²) in [4.78, 5) is 4.49. The maximum Gasteiger partial charge on any atom is 0.243 e. The molecule has 3 heterocycles. The van der Waals surface area contributed by atoms with Crippen molar-refractivity contribution < 1.29 is 4.52 Å². The van der Waals surface area contributed by atoms with Crippen LogP contribution in [0.15, 0.2) is 4.52 Å². The third-order valence-electron chi connectivity index (χ3n) is 3.99. The zero-order chi connectivity index (χ0) is 15.7. The second-order valence-electron chi connectivity index (χ2n) is 6.95. The van der Waals surface area contributed by atoms with Gasteiger partial charge in [0.15, 0.2) is 5.82 Å². The summed E-state index contributed by atoms with van der Waals surface area (Å²) in [6.45, 7) is 9.91. The smallest absolute Gasteiger partial charge is 0.243 e. The van der Waals surface area contributed by atoms with E-state index in [1.54, 1.807) is 0 Å². The van der Waals surface area contributed by atoms with Crippen LogP contribution in [0.3, 0.4) is 0 Å². The predicted octanol–water partition coefficient (Wildman–Crippen LogP) is 2.15. The first-order chi connectivity index (χ1) is 10.4. The van der Waals surface area contributed by atoms with Crippen LogP contribution in [0.25, 0.3) is 0 Å². The van der Waals surface area contributed by atoms with Gasteiger partial charge in [-0.2, -0.15) is 4.98 Å². The molecule has 2 aromatic rings. The lowest BCUT2D eigenvalue weighted by atomic mass is 9.96. The van der Waals surface area contributed by atoms with Gasteiger partial charge in [0.25, 0.3) is 0 Å². The fourth-order valence-electron chi connectivity index (χ4n) is 2.55. The number of hydrogen-bond donors (Lipinski definition) is 1. The molecule has 22 heavy (non-hydrogen) atoms. The molecule has 1 aliphatic heterocycles. The van der Waals surface area contributed by atoms with E-state index in [1.165, 1.54) is 12.8 Å². The van der Waals surface area contributed by atoms with Crippen LogP contribution in [0.4, 0.5) is 0 Å². The van der Waals surface area contributed by atoms with E-state index in [0.717, 1.165) is 30.4 Å². The van der Waals surface area contributed by atoms with Gasteiger partial charge in [0.05, 0.1) is 12.6 Å². The number of nitrogens with one attached hydrogen (secondary N) is 1. The van der Waals surface area contributed by atoms with Gasteiger partial charge in [0.1, 0.15) is 11.6 Å². The molecule has 7 nitrogen and oxygen atoms in total. The highest BCUT2D eigenvalue weighted by Gasteiger charge is 2.23. The lowest BCUT2D eigenvalue weighted by Crippen LogP contribution is -2.23. The molecule has 0 aromatic carbocycles. The Morgan fingerprint density at radius 2 is 2.09 bits per heavy atom. The third kappa shape index (κ3) is 3.04. The topological polar surface area (TPSA) is 81.7 Å². The van der Waals surface area contributed by atoms with Crippen LogP contribution in [0.1, 0.15) is 69.9 Å². The van der Waals surface area contributed by atoms with Crippen molar-refractivity contribution >= 4 is 0 Å². The molecule has 0 amide bonds. The average Bonchev–Trinajstić information content (AvgIpc) is 3.11. The van der Waals surface area contributed by atoms with Crippen molar-refractivity contribution in [3.05, 3.63) is 23.4 Å². The minimum Gasteiger partial charge on any atom is -0.338 e. The Hall–Kier alpha value is -1.76. The summed E-state index contributed by atoms with van der Waals surface area (Å²) in [6.07, 6.45) is 3.44. The molecule has 3 rings (SSSR count). The molecular weight excluding hydrogens is 280 g/mol. The van der Waals surface area contributed by atoms with Gasteiger partial charge in [-0.05, 0) is 19.8 Å². The Morgan fingerprint density at radius 3 is 2.82 bits per heavy atom. The van der Waals surface area contributed by atoms with Crippen LogP contribution in [-0.2, 0) is 24.9 Å². The normalized spacial score (nSPS) is 16.5. The number of hydrogen-bond acceptors (Lipinski definition) is 6. The molecular formula is C15H24N6O. The molecule has 0 saturated carbocycles. The first kappa shape index (κ1) is 15.1. The number of nitrogens with zero attached hydrogens (tertiary/aromatic N) is 5. The molecule has 1 N–H and O–H groups in total. The van der Waals surface area contributed by atoms with E-state index in [0.29, 0.717) is 12.4 Å². The predicted molar refractivity (Wildman–Crippen MR) is 81.2 cm³/mol. The molecule has 0 fully saturated rings. The van der Waals surface area contributed by atoms with E-state index >= 15 is 0 Å². The van der Waals surface area contributed by atoms with E-state index in [9.17, 15) is 0 Å². The Labute approximate surface area is 130 Å². The van der Waals surface area contributed by atoms with Gasteiger partial charge in [0.2, 0.25) is 5.89 Å². The second kappa shape index (κ2) is 5.79. The second-order valence-corrected chi connectivity index (χ2v) is 6.95. The fourth-order valence-corrected chi connectivity index (χ4v) is 2.55. The molecule has 2 aromatic heterocycles. The molecule has 0 aliphatic carbocycles. The van der Waals surface area contributed by atoms with E-state index in [1.807, 2.05) is 6.92 Å². The van der Waals surface area contributed by atoms with E-state index < -0.39 is 0 Å². The van der Waals surface area contributed by atoms with Crippen molar-refractivity contribution in [2.75, 3.05) is 0 Å². The summed E-state index contributed by atoms with van der Waals surface area (Å²) in [7, 11) is 0. The minimum absolute atomic E-state index is 0.0138. The summed E-state index contributed by atoms with van der Waals surface area (Å²) in [5.41, 5.74) is -0.104. The van der Waals surface area contributed by atoms with Gasteiger partial charge in [-0.25, -0.2) is 0 Å². The van der Waals surface area contributed by atoms with E-state index in [-0.39, 0.29) is 11.5 Å². The zero-order valence-electron chi connectivity index (χ0n) is 13.8. The van der Waals surface area contributed by atoms with E-state index in [2.05, 4.69) is 51.0 Å². The lowest BCUT2D eigenvalue weighted by Gasteiger charge is -2.15. The summed E-state index contributed by atoms with van der Waals surface area (Å²) < 4.78 is 7.59. The Bertz CT molecular complexity index is 639. The number of aryl methyl sites for hydroxylation is 1. The summed E-state index contributed by atoms with van der Waals surface area (Å²) >= 11 is 0. The molecule has 120 valence electrons. The van der Waals surface area contributed by atoms with Crippen LogP contribution < -0.4 is 5.32 Å². The highest BCUT2D eigenvalue weighted by atomic mass is 16.5. The SMILES string of the molecule is C[C@@H](NCc1nnc2n1CCCC2)c1nc(C(C)(C)C)no1. The monoisotopic (exact) mass is 304 g/mol. The first-order valence-corrected chi connectivity index (χ1v) is 7.93. The highest BCUT2D eigenvalue weighted by Crippen LogP contribution is 2.21. The third-order valence-corrected chi connectivity index (χ3v) is 3.99. The van der Waals surface area contributed by atoms with Crippen molar-refractivity contribution in [1.82, 2.24) is 30.2 Å². The minimum atomic E-state index is -0.104. The standard InChI is InChI=1S/C15H24N6O/c1-10(13-17-14(20-22-13)15(2,3)4)16-9-12-19-18-11-7-5-6-8-21(11)12/h10,16H,5-9H2,1-4H3/t10-/m1/s1. The molecule has 1 aliphatic rings. The maximum atomic E-state index is 5.37. The number of aromatic nitrogens is 5. The van der Waals surface area contributed by atoms with Crippen LogP contribution in [-0.4, -0.2) is 24.9 Å².